The summed E-state index contributed by atoms with van der Waals surface area (Å²) < 4.78 is 5.64. The summed E-state index contributed by atoms with van der Waals surface area (Å²) >= 11 is 0. The predicted octanol–water partition coefficient (Wildman–Crippen LogP) is 2.27. The summed E-state index contributed by atoms with van der Waals surface area (Å²) in [5.74, 6) is 0.938. The van der Waals surface area contributed by atoms with E-state index in [1.807, 2.05) is 24.3 Å². The molecule has 0 atom stereocenters. The quantitative estimate of drug-likeness (QED) is 0.788. The van der Waals surface area contributed by atoms with Crippen molar-refractivity contribution in [1.29, 1.82) is 0 Å². The van der Waals surface area contributed by atoms with Crippen LogP contribution in [-0.4, -0.2) is 11.6 Å². The van der Waals surface area contributed by atoms with Crippen LogP contribution in [0.15, 0.2) is 36.5 Å². The first-order valence-electron chi connectivity index (χ1n) is 5.32. The number of ether oxygens (including phenoxy) is 1. The minimum atomic E-state index is 0.686. The normalized spacial score (nSPS) is 13.2. The number of para-hydroxylation sites is 1. The van der Waals surface area contributed by atoms with E-state index in [4.69, 9.17) is 10.5 Å². The van der Waals surface area contributed by atoms with Gasteiger partial charge in [-0.1, -0.05) is 12.1 Å². The summed E-state index contributed by atoms with van der Waals surface area (Å²) in [7, 11) is 0. The first kappa shape index (κ1) is 9.21. The van der Waals surface area contributed by atoms with E-state index in [-0.39, 0.29) is 0 Å². The average Bonchev–Trinajstić information content (AvgIpc) is 2.77. The monoisotopic (exact) mass is 212 g/mol. The summed E-state index contributed by atoms with van der Waals surface area (Å²) in [6.07, 6.45) is 2.72. The third kappa shape index (κ3) is 1.33. The minimum absolute atomic E-state index is 0.686. The molecule has 0 aliphatic carbocycles. The number of hydrogen-bond donors (Lipinski definition) is 1. The molecule has 0 bridgehead atoms. The molecule has 0 fully saturated rings. The lowest BCUT2D eigenvalue weighted by Crippen LogP contribution is -1.95. The van der Waals surface area contributed by atoms with E-state index in [0.717, 1.165) is 30.0 Å². The van der Waals surface area contributed by atoms with Gasteiger partial charge in [-0.25, -0.2) is 0 Å². The Morgan fingerprint density at radius 2 is 2.12 bits per heavy atom. The average molecular weight is 212 g/mol. The number of rotatable bonds is 1. The molecule has 80 valence electrons. The number of nitrogen functional groups attached to an aromatic ring is 1. The third-order valence-corrected chi connectivity index (χ3v) is 2.81. The van der Waals surface area contributed by atoms with Crippen molar-refractivity contribution >= 4 is 5.69 Å². The summed E-state index contributed by atoms with van der Waals surface area (Å²) in [6, 6.07) is 9.81. The first-order chi connectivity index (χ1) is 7.86. The van der Waals surface area contributed by atoms with Gasteiger partial charge >= 0.3 is 0 Å². The maximum Gasteiger partial charge on any atom is 0.132 e. The molecule has 0 unspecified atom stereocenters. The van der Waals surface area contributed by atoms with Crippen LogP contribution >= 0.6 is 0 Å². The van der Waals surface area contributed by atoms with Crippen molar-refractivity contribution in [3.05, 3.63) is 42.1 Å². The third-order valence-electron chi connectivity index (χ3n) is 2.81. The van der Waals surface area contributed by atoms with Crippen LogP contribution < -0.4 is 10.5 Å². The molecule has 0 spiro atoms. The van der Waals surface area contributed by atoms with Gasteiger partial charge in [0.15, 0.2) is 0 Å². The molecule has 1 aromatic heterocycles. The Hall–Kier alpha value is -2.03. The van der Waals surface area contributed by atoms with Gasteiger partial charge in [-0.2, -0.15) is 0 Å². The number of fused-ring (bicyclic) bond motifs is 1. The predicted molar refractivity (Wildman–Crippen MR) is 63.3 cm³/mol. The highest BCUT2D eigenvalue weighted by molar-refractivity contribution is 5.78. The van der Waals surface area contributed by atoms with Crippen LogP contribution in [0.1, 0.15) is 5.56 Å². The second-order valence-corrected chi connectivity index (χ2v) is 3.83. The number of hydrogen-bond acceptors (Lipinski definition) is 3. The van der Waals surface area contributed by atoms with Gasteiger partial charge in [-0.3, -0.25) is 4.98 Å². The molecule has 2 heterocycles. The van der Waals surface area contributed by atoms with E-state index in [9.17, 15) is 0 Å². The maximum atomic E-state index is 5.93. The van der Waals surface area contributed by atoms with Gasteiger partial charge in [0, 0.05) is 18.2 Å². The number of aromatic nitrogens is 1. The number of benzene rings is 1. The van der Waals surface area contributed by atoms with E-state index in [0.29, 0.717) is 5.69 Å². The minimum Gasteiger partial charge on any atom is -0.492 e. The molecular formula is C13H12N2O. The second-order valence-electron chi connectivity index (χ2n) is 3.83. The lowest BCUT2D eigenvalue weighted by molar-refractivity contribution is 0.358. The molecule has 16 heavy (non-hydrogen) atoms. The maximum absolute atomic E-state index is 5.93. The van der Waals surface area contributed by atoms with Crippen LogP contribution in [0.2, 0.25) is 0 Å². The van der Waals surface area contributed by atoms with Crippen molar-refractivity contribution in [2.75, 3.05) is 12.3 Å². The zero-order valence-electron chi connectivity index (χ0n) is 8.81. The van der Waals surface area contributed by atoms with Gasteiger partial charge < -0.3 is 10.5 Å². The lowest BCUT2D eigenvalue weighted by atomic mass is 10.0. The van der Waals surface area contributed by atoms with Gasteiger partial charge in [0.25, 0.3) is 0 Å². The molecule has 3 heteroatoms. The first-order valence-corrected chi connectivity index (χ1v) is 5.32. The zero-order chi connectivity index (χ0) is 11.0. The molecule has 2 N–H and O–H groups in total. The Morgan fingerprint density at radius 1 is 1.19 bits per heavy atom. The summed E-state index contributed by atoms with van der Waals surface area (Å²) in [5, 5.41) is 0. The molecule has 0 saturated heterocycles. The summed E-state index contributed by atoms with van der Waals surface area (Å²) in [4.78, 5) is 4.32. The molecule has 1 aliphatic rings. The van der Waals surface area contributed by atoms with Crippen LogP contribution in [0.4, 0.5) is 5.69 Å². The number of nitrogens with zero attached hydrogens (tertiary/aromatic N) is 1. The second kappa shape index (κ2) is 3.52. The summed E-state index contributed by atoms with van der Waals surface area (Å²) in [5.41, 5.74) is 9.65. The van der Waals surface area contributed by atoms with Gasteiger partial charge in [-0.15, -0.1) is 0 Å². The molecule has 1 aliphatic heterocycles. The van der Waals surface area contributed by atoms with E-state index in [2.05, 4.69) is 11.1 Å². The largest absolute Gasteiger partial charge is 0.492 e. The molecule has 2 aromatic rings. The molecule has 0 amide bonds. The van der Waals surface area contributed by atoms with Gasteiger partial charge in [0.1, 0.15) is 5.75 Å². The Labute approximate surface area is 93.9 Å². The van der Waals surface area contributed by atoms with E-state index < -0.39 is 0 Å². The fourth-order valence-corrected chi connectivity index (χ4v) is 2.04. The lowest BCUT2D eigenvalue weighted by Gasteiger charge is -2.08. The molecule has 1 aromatic carbocycles. The highest BCUT2D eigenvalue weighted by Crippen LogP contribution is 2.37. The zero-order valence-corrected chi connectivity index (χ0v) is 8.81. The molecular weight excluding hydrogens is 200 g/mol. The van der Waals surface area contributed by atoms with Crippen LogP contribution in [0, 0.1) is 0 Å². The van der Waals surface area contributed by atoms with Crippen molar-refractivity contribution in [3.63, 3.8) is 0 Å². The number of pyridine rings is 1. The van der Waals surface area contributed by atoms with Gasteiger partial charge in [0.2, 0.25) is 0 Å². The SMILES string of the molecule is Nc1cccnc1-c1cccc2c1OCC2. The highest BCUT2D eigenvalue weighted by atomic mass is 16.5. The van der Waals surface area contributed by atoms with Crippen molar-refractivity contribution in [2.45, 2.75) is 6.42 Å². The topological polar surface area (TPSA) is 48.1 Å². The van der Waals surface area contributed by atoms with Crippen LogP contribution in [0.3, 0.4) is 0 Å². The van der Waals surface area contributed by atoms with Crippen molar-refractivity contribution in [1.82, 2.24) is 4.98 Å². The Balaban J connectivity index is 2.21. The Bertz CT molecular complexity index is 537. The van der Waals surface area contributed by atoms with Crippen LogP contribution in [0.25, 0.3) is 11.3 Å². The van der Waals surface area contributed by atoms with Gasteiger partial charge in [0.05, 0.1) is 18.0 Å². The fraction of sp³-hybridized carbons (Fsp3) is 0.154. The van der Waals surface area contributed by atoms with Gasteiger partial charge in [-0.05, 0) is 23.8 Å². The Morgan fingerprint density at radius 3 is 3.00 bits per heavy atom. The molecule has 3 rings (SSSR count). The van der Waals surface area contributed by atoms with E-state index in [1.165, 1.54) is 5.56 Å². The molecule has 0 saturated carbocycles. The molecule has 0 radical (unpaired) electrons. The van der Waals surface area contributed by atoms with Crippen molar-refractivity contribution in [2.24, 2.45) is 0 Å². The van der Waals surface area contributed by atoms with Crippen molar-refractivity contribution in [3.8, 4) is 17.0 Å². The fourth-order valence-electron chi connectivity index (χ4n) is 2.04. The molecule has 3 nitrogen and oxygen atoms in total. The summed E-state index contributed by atoms with van der Waals surface area (Å²) in [6.45, 7) is 0.749. The van der Waals surface area contributed by atoms with E-state index >= 15 is 0 Å². The van der Waals surface area contributed by atoms with Crippen LogP contribution in [-0.2, 0) is 6.42 Å². The van der Waals surface area contributed by atoms with E-state index in [1.54, 1.807) is 6.20 Å². The number of anilines is 1. The number of nitrogens with two attached hydrogens (primary N) is 1. The Kier molecular flexibility index (Phi) is 2.03. The smallest absolute Gasteiger partial charge is 0.132 e. The highest BCUT2D eigenvalue weighted by Gasteiger charge is 2.18. The standard InChI is InChI=1S/C13H12N2O/c14-11-5-2-7-15-12(11)10-4-1-3-9-6-8-16-13(9)10/h1-5,7H,6,8,14H2. The van der Waals surface area contributed by atoms with Crippen LogP contribution in [0.5, 0.6) is 5.75 Å². The van der Waals surface area contributed by atoms with Crippen molar-refractivity contribution < 1.29 is 4.74 Å².